The second-order valence-corrected chi connectivity index (χ2v) is 5.05. The van der Waals surface area contributed by atoms with E-state index in [1.54, 1.807) is 0 Å². The van der Waals surface area contributed by atoms with E-state index in [9.17, 15) is 0 Å². The summed E-state index contributed by atoms with van der Waals surface area (Å²) in [7, 11) is 2.21. The Morgan fingerprint density at radius 1 is 1.53 bits per heavy atom. The van der Waals surface area contributed by atoms with Crippen LogP contribution in [-0.4, -0.2) is 49.8 Å². The lowest BCUT2D eigenvalue weighted by molar-refractivity contribution is 0.203. The topological polar surface area (TPSA) is 35.5 Å². The molecule has 0 aromatic carbocycles. The number of hydrogen-bond donors (Lipinski definition) is 2. The van der Waals surface area contributed by atoms with Gasteiger partial charge in [0.25, 0.3) is 0 Å². The number of hydrogen-bond acceptors (Lipinski definition) is 3. The fraction of sp³-hybridized carbons (Fsp3) is 1.00. The molecule has 0 amide bonds. The molecule has 3 heteroatoms. The molecule has 0 aromatic heterocycles. The minimum Gasteiger partial charge on any atom is -0.396 e. The summed E-state index contributed by atoms with van der Waals surface area (Å²) in [5.74, 6) is 1.42. The van der Waals surface area contributed by atoms with Crippen LogP contribution in [0.1, 0.15) is 26.2 Å². The summed E-state index contributed by atoms with van der Waals surface area (Å²) in [6.45, 7) is 7.19. The molecule has 1 aliphatic rings. The lowest BCUT2D eigenvalue weighted by Gasteiger charge is -2.30. The zero-order chi connectivity index (χ0) is 11.1. The first-order chi connectivity index (χ1) is 7.22. The van der Waals surface area contributed by atoms with Crippen LogP contribution in [0.4, 0.5) is 0 Å². The van der Waals surface area contributed by atoms with Crippen LogP contribution in [-0.2, 0) is 0 Å². The Kier molecular flexibility index (Phi) is 6.22. The van der Waals surface area contributed by atoms with Crippen molar-refractivity contribution in [3.8, 4) is 0 Å². The molecule has 0 aromatic rings. The molecule has 0 bridgehead atoms. The van der Waals surface area contributed by atoms with Crippen molar-refractivity contribution < 1.29 is 5.11 Å². The van der Waals surface area contributed by atoms with Crippen LogP contribution in [0, 0.1) is 11.8 Å². The number of rotatable bonds is 6. The molecule has 2 unspecified atom stereocenters. The molecule has 2 N–H and O–H groups in total. The molecule has 0 aliphatic carbocycles. The average Bonchev–Trinajstić information content (AvgIpc) is 2.18. The summed E-state index contributed by atoms with van der Waals surface area (Å²) >= 11 is 0. The van der Waals surface area contributed by atoms with Crippen LogP contribution in [0.2, 0.25) is 0 Å². The quantitative estimate of drug-likeness (QED) is 0.690. The van der Waals surface area contributed by atoms with Crippen LogP contribution >= 0.6 is 0 Å². The smallest absolute Gasteiger partial charge is 0.0434 e. The van der Waals surface area contributed by atoms with E-state index in [1.165, 1.54) is 25.9 Å². The first kappa shape index (κ1) is 12.9. The van der Waals surface area contributed by atoms with E-state index in [0.29, 0.717) is 12.5 Å². The van der Waals surface area contributed by atoms with Gasteiger partial charge in [-0.2, -0.15) is 0 Å². The Morgan fingerprint density at radius 2 is 2.33 bits per heavy atom. The molecule has 1 aliphatic heterocycles. The summed E-state index contributed by atoms with van der Waals surface area (Å²) in [6.07, 6.45) is 3.62. The van der Waals surface area contributed by atoms with E-state index < -0.39 is 0 Å². The minimum absolute atomic E-state index is 0.314. The predicted octanol–water partition coefficient (Wildman–Crippen LogP) is 0.936. The molecule has 0 saturated carbocycles. The number of likely N-dealkylation sites (tertiary alicyclic amines) is 1. The van der Waals surface area contributed by atoms with E-state index in [4.69, 9.17) is 5.11 Å². The van der Waals surface area contributed by atoms with Gasteiger partial charge in [0, 0.05) is 13.2 Å². The van der Waals surface area contributed by atoms with Crippen molar-refractivity contribution in [3.63, 3.8) is 0 Å². The van der Waals surface area contributed by atoms with Gasteiger partial charge < -0.3 is 15.3 Å². The number of aliphatic hydroxyl groups is 1. The van der Waals surface area contributed by atoms with Crippen LogP contribution in [0.15, 0.2) is 0 Å². The molecule has 1 saturated heterocycles. The van der Waals surface area contributed by atoms with Crippen LogP contribution in [0.5, 0.6) is 0 Å². The van der Waals surface area contributed by atoms with Crippen molar-refractivity contribution in [1.29, 1.82) is 0 Å². The summed E-state index contributed by atoms with van der Waals surface area (Å²) in [5.41, 5.74) is 0. The Hall–Kier alpha value is -0.120. The fourth-order valence-electron chi connectivity index (χ4n) is 2.30. The van der Waals surface area contributed by atoms with Gasteiger partial charge in [-0.15, -0.1) is 0 Å². The zero-order valence-corrected chi connectivity index (χ0v) is 10.2. The summed E-state index contributed by atoms with van der Waals surface area (Å²) in [4.78, 5) is 2.42. The Balaban J connectivity index is 2.03. The van der Waals surface area contributed by atoms with Gasteiger partial charge in [0.05, 0.1) is 0 Å². The molecule has 1 rings (SSSR count). The van der Waals surface area contributed by atoms with Gasteiger partial charge in [-0.3, -0.25) is 0 Å². The molecule has 0 radical (unpaired) electrons. The highest BCUT2D eigenvalue weighted by Crippen LogP contribution is 2.13. The van der Waals surface area contributed by atoms with Gasteiger partial charge in [-0.25, -0.2) is 0 Å². The van der Waals surface area contributed by atoms with E-state index in [-0.39, 0.29) is 0 Å². The fourth-order valence-corrected chi connectivity index (χ4v) is 2.30. The second-order valence-electron chi connectivity index (χ2n) is 5.05. The Bertz CT molecular complexity index is 164. The van der Waals surface area contributed by atoms with Crippen molar-refractivity contribution in [3.05, 3.63) is 0 Å². The standard InChI is InChI=1S/C12H26N2O/c1-11(5-7-15)8-13-9-12-4-3-6-14(2)10-12/h11-13,15H,3-10H2,1-2H3. The summed E-state index contributed by atoms with van der Waals surface area (Å²) in [5, 5.41) is 12.3. The van der Waals surface area contributed by atoms with Crippen LogP contribution in [0.3, 0.4) is 0 Å². The summed E-state index contributed by atoms with van der Waals surface area (Å²) < 4.78 is 0. The van der Waals surface area contributed by atoms with E-state index in [0.717, 1.165) is 25.4 Å². The highest BCUT2D eigenvalue weighted by molar-refractivity contribution is 4.72. The van der Waals surface area contributed by atoms with Crippen molar-refractivity contribution in [2.45, 2.75) is 26.2 Å². The number of aliphatic hydroxyl groups excluding tert-OH is 1. The SMILES string of the molecule is CC(CCO)CNCC1CCCN(C)C1. The van der Waals surface area contributed by atoms with E-state index in [2.05, 4.69) is 24.2 Å². The maximum atomic E-state index is 8.79. The van der Waals surface area contributed by atoms with Crippen LogP contribution < -0.4 is 5.32 Å². The predicted molar refractivity (Wildman–Crippen MR) is 64.0 cm³/mol. The molecular weight excluding hydrogens is 188 g/mol. The van der Waals surface area contributed by atoms with Gasteiger partial charge in [-0.05, 0) is 57.8 Å². The molecule has 15 heavy (non-hydrogen) atoms. The Labute approximate surface area is 93.9 Å². The Morgan fingerprint density at radius 3 is 3.00 bits per heavy atom. The first-order valence-electron chi connectivity index (χ1n) is 6.22. The maximum Gasteiger partial charge on any atom is 0.0434 e. The molecular formula is C12H26N2O. The number of nitrogens with zero attached hydrogens (tertiary/aromatic N) is 1. The van der Waals surface area contributed by atoms with Gasteiger partial charge in [0.15, 0.2) is 0 Å². The van der Waals surface area contributed by atoms with Crippen molar-refractivity contribution in [2.75, 3.05) is 39.8 Å². The van der Waals surface area contributed by atoms with Gasteiger partial charge in [-0.1, -0.05) is 6.92 Å². The molecule has 0 spiro atoms. The second kappa shape index (κ2) is 7.20. The van der Waals surface area contributed by atoms with Gasteiger partial charge in [0.2, 0.25) is 0 Å². The normalized spacial score (nSPS) is 25.4. The van der Waals surface area contributed by atoms with Crippen molar-refractivity contribution in [1.82, 2.24) is 10.2 Å². The molecule has 90 valence electrons. The first-order valence-corrected chi connectivity index (χ1v) is 6.22. The molecule has 2 atom stereocenters. The van der Waals surface area contributed by atoms with Crippen LogP contribution in [0.25, 0.3) is 0 Å². The van der Waals surface area contributed by atoms with Crippen molar-refractivity contribution in [2.24, 2.45) is 11.8 Å². The highest BCUT2D eigenvalue weighted by Gasteiger charge is 2.16. The van der Waals surface area contributed by atoms with E-state index >= 15 is 0 Å². The average molecular weight is 214 g/mol. The third-order valence-electron chi connectivity index (χ3n) is 3.27. The van der Waals surface area contributed by atoms with E-state index in [1.807, 2.05) is 0 Å². The molecule has 1 fully saturated rings. The molecule has 3 nitrogen and oxygen atoms in total. The third-order valence-corrected chi connectivity index (χ3v) is 3.27. The maximum absolute atomic E-state index is 8.79. The third kappa shape index (κ3) is 5.50. The number of piperidine rings is 1. The lowest BCUT2D eigenvalue weighted by atomic mass is 9.98. The summed E-state index contributed by atoms with van der Waals surface area (Å²) in [6, 6.07) is 0. The lowest BCUT2D eigenvalue weighted by Crippen LogP contribution is -2.38. The largest absolute Gasteiger partial charge is 0.396 e. The molecule has 1 heterocycles. The number of nitrogens with one attached hydrogen (secondary N) is 1. The van der Waals surface area contributed by atoms with Gasteiger partial charge >= 0.3 is 0 Å². The van der Waals surface area contributed by atoms with Crippen molar-refractivity contribution >= 4 is 0 Å². The highest BCUT2D eigenvalue weighted by atomic mass is 16.3. The zero-order valence-electron chi connectivity index (χ0n) is 10.2. The van der Waals surface area contributed by atoms with Gasteiger partial charge in [0.1, 0.15) is 0 Å². The minimum atomic E-state index is 0.314. The monoisotopic (exact) mass is 214 g/mol.